The number of aromatic nitrogens is 5. The van der Waals surface area contributed by atoms with Gasteiger partial charge in [0.1, 0.15) is 5.82 Å². The van der Waals surface area contributed by atoms with Gasteiger partial charge in [0.15, 0.2) is 28.5 Å². The number of hydrogen-bond donors (Lipinski definition) is 2. The first-order valence-corrected chi connectivity index (χ1v) is 10.0. The number of methoxy groups -OCH3 is 3. The van der Waals surface area contributed by atoms with Crippen LogP contribution in [0.4, 0.5) is 23.3 Å². The van der Waals surface area contributed by atoms with Crippen LogP contribution in [0.1, 0.15) is 19.9 Å². The van der Waals surface area contributed by atoms with Crippen LogP contribution in [0.3, 0.4) is 0 Å². The molecule has 1 aromatic carbocycles. The molecular weight excluding hydrogens is 410 g/mol. The molecule has 3 aromatic heterocycles. The van der Waals surface area contributed by atoms with E-state index in [1.54, 1.807) is 46.0 Å². The lowest BCUT2D eigenvalue weighted by atomic mass is 10.2. The lowest BCUT2D eigenvalue weighted by Gasteiger charge is -2.15. The summed E-state index contributed by atoms with van der Waals surface area (Å²) < 4.78 is 18.3. The molecule has 0 radical (unpaired) electrons. The summed E-state index contributed by atoms with van der Waals surface area (Å²) in [5, 5.41) is 6.48. The third kappa shape index (κ3) is 4.07. The highest BCUT2D eigenvalue weighted by molar-refractivity contribution is 5.87. The summed E-state index contributed by atoms with van der Waals surface area (Å²) in [7, 11) is 4.71. The number of ether oxygens (including phenoxy) is 3. The highest BCUT2D eigenvalue weighted by atomic mass is 16.5. The second-order valence-corrected chi connectivity index (χ2v) is 7.19. The van der Waals surface area contributed by atoms with Gasteiger partial charge in [0.2, 0.25) is 11.7 Å². The van der Waals surface area contributed by atoms with Gasteiger partial charge in [0.25, 0.3) is 0 Å². The van der Waals surface area contributed by atoms with Gasteiger partial charge in [-0.3, -0.25) is 0 Å². The quantitative estimate of drug-likeness (QED) is 0.418. The van der Waals surface area contributed by atoms with Gasteiger partial charge in [-0.1, -0.05) is 6.07 Å². The predicted molar refractivity (Wildman–Crippen MR) is 123 cm³/mol. The minimum absolute atomic E-state index is 0.173. The van der Waals surface area contributed by atoms with Crippen molar-refractivity contribution in [3.8, 4) is 17.2 Å². The van der Waals surface area contributed by atoms with E-state index in [1.165, 1.54) is 0 Å². The fraction of sp³-hybridized carbons (Fsp3) is 0.273. The number of fused-ring (bicyclic) bond motifs is 1. The Bertz CT molecular complexity index is 1200. The van der Waals surface area contributed by atoms with Crippen molar-refractivity contribution < 1.29 is 14.2 Å². The molecule has 4 rings (SSSR count). The Morgan fingerprint density at radius 2 is 1.66 bits per heavy atom. The van der Waals surface area contributed by atoms with E-state index in [9.17, 15) is 0 Å². The lowest BCUT2D eigenvalue weighted by Crippen LogP contribution is -2.06. The van der Waals surface area contributed by atoms with Crippen molar-refractivity contribution in [1.29, 1.82) is 0 Å². The molecule has 10 heteroatoms. The van der Waals surface area contributed by atoms with Crippen LogP contribution in [-0.4, -0.2) is 45.8 Å². The van der Waals surface area contributed by atoms with Crippen molar-refractivity contribution in [2.24, 2.45) is 0 Å². The van der Waals surface area contributed by atoms with Gasteiger partial charge in [-0.25, -0.2) is 9.97 Å². The van der Waals surface area contributed by atoms with Crippen LogP contribution in [0.25, 0.3) is 11.2 Å². The summed E-state index contributed by atoms with van der Waals surface area (Å²) in [6.07, 6.45) is 3.46. The molecule has 0 atom stereocenters. The van der Waals surface area contributed by atoms with E-state index in [4.69, 9.17) is 14.2 Å². The molecule has 0 aliphatic heterocycles. The summed E-state index contributed by atoms with van der Waals surface area (Å²) in [6.45, 7) is 4.14. The highest BCUT2D eigenvalue weighted by Gasteiger charge is 2.18. The zero-order valence-corrected chi connectivity index (χ0v) is 18.6. The first-order valence-electron chi connectivity index (χ1n) is 10.0. The molecule has 4 aromatic rings. The Morgan fingerprint density at radius 1 is 0.906 bits per heavy atom. The molecular formula is C22H25N7O3. The van der Waals surface area contributed by atoms with Crippen LogP contribution in [-0.2, 0) is 0 Å². The number of anilines is 4. The van der Waals surface area contributed by atoms with Crippen LogP contribution in [0, 0.1) is 0 Å². The van der Waals surface area contributed by atoms with Crippen molar-refractivity contribution in [2.75, 3.05) is 32.0 Å². The normalized spacial score (nSPS) is 10.9. The third-order valence-electron chi connectivity index (χ3n) is 4.81. The Morgan fingerprint density at radius 3 is 2.25 bits per heavy atom. The molecule has 0 aliphatic carbocycles. The van der Waals surface area contributed by atoms with Crippen LogP contribution >= 0.6 is 0 Å². The van der Waals surface area contributed by atoms with Crippen LogP contribution in [0.15, 0.2) is 42.9 Å². The predicted octanol–water partition coefficient (Wildman–Crippen LogP) is 4.32. The van der Waals surface area contributed by atoms with Gasteiger partial charge in [0, 0.05) is 30.1 Å². The van der Waals surface area contributed by atoms with Gasteiger partial charge in [-0.15, -0.1) is 0 Å². The van der Waals surface area contributed by atoms with Gasteiger partial charge < -0.3 is 29.4 Å². The minimum atomic E-state index is 0.173. The largest absolute Gasteiger partial charge is 0.493 e. The van der Waals surface area contributed by atoms with Crippen molar-refractivity contribution in [1.82, 2.24) is 24.5 Å². The number of imidazole rings is 1. The van der Waals surface area contributed by atoms with Gasteiger partial charge in [0.05, 0.1) is 27.7 Å². The second kappa shape index (κ2) is 8.96. The molecule has 2 N–H and O–H groups in total. The molecule has 3 heterocycles. The zero-order chi connectivity index (χ0) is 22.7. The molecule has 0 fully saturated rings. The van der Waals surface area contributed by atoms with Crippen LogP contribution in [0.5, 0.6) is 17.2 Å². The first kappa shape index (κ1) is 21.2. The smallest absolute Gasteiger partial charge is 0.232 e. The van der Waals surface area contributed by atoms with E-state index in [0.717, 1.165) is 0 Å². The van der Waals surface area contributed by atoms with Crippen LogP contribution < -0.4 is 24.8 Å². The summed E-state index contributed by atoms with van der Waals surface area (Å²) in [6, 6.07) is 9.37. The summed E-state index contributed by atoms with van der Waals surface area (Å²) in [4.78, 5) is 18.2. The average molecular weight is 435 g/mol. The van der Waals surface area contributed by atoms with Crippen LogP contribution in [0.2, 0.25) is 0 Å². The maximum absolute atomic E-state index is 5.46. The van der Waals surface area contributed by atoms with E-state index >= 15 is 0 Å². The number of benzene rings is 1. The van der Waals surface area contributed by atoms with Crippen molar-refractivity contribution in [2.45, 2.75) is 19.9 Å². The highest BCUT2D eigenvalue weighted by Crippen LogP contribution is 2.41. The molecule has 10 nitrogen and oxygen atoms in total. The monoisotopic (exact) mass is 435 g/mol. The topological polar surface area (TPSA) is 108 Å². The third-order valence-corrected chi connectivity index (χ3v) is 4.81. The van der Waals surface area contributed by atoms with Gasteiger partial charge in [-0.05, 0) is 26.0 Å². The van der Waals surface area contributed by atoms with E-state index in [0.29, 0.717) is 51.7 Å². The maximum Gasteiger partial charge on any atom is 0.232 e. The molecule has 0 amide bonds. The molecule has 0 aliphatic rings. The first-order chi connectivity index (χ1) is 15.5. The zero-order valence-electron chi connectivity index (χ0n) is 18.6. The average Bonchev–Trinajstić information content (AvgIpc) is 3.23. The van der Waals surface area contributed by atoms with Gasteiger partial charge >= 0.3 is 0 Å². The van der Waals surface area contributed by atoms with Crippen molar-refractivity contribution >= 4 is 34.4 Å². The minimum Gasteiger partial charge on any atom is -0.493 e. The Balaban J connectivity index is 1.81. The van der Waals surface area contributed by atoms with Crippen molar-refractivity contribution in [3.05, 3.63) is 42.9 Å². The Labute approximate surface area is 185 Å². The van der Waals surface area contributed by atoms with Gasteiger partial charge in [-0.2, -0.15) is 9.97 Å². The second-order valence-electron chi connectivity index (χ2n) is 7.19. The fourth-order valence-electron chi connectivity index (χ4n) is 3.28. The number of hydrogen-bond acceptors (Lipinski definition) is 9. The van der Waals surface area contributed by atoms with E-state index in [2.05, 4.69) is 44.4 Å². The molecule has 0 unspecified atom stereocenters. The Kier molecular flexibility index (Phi) is 5.93. The molecule has 0 bridgehead atoms. The van der Waals surface area contributed by atoms with E-state index < -0.39 is 0 Å². The molecule has 0 spiro atoms. The molecule has 32 heavy (non-hydrogen) atoms. The number of nitrogens with zero attached hydrogens (tertiary/aromatic N) is 5. The molecule has 0 saturated carbocycles. The van der Waals surface area contributed by atoms with E-state index in [-0.39, 0.29) is 6.04 Å². The summed E-state index contributed by atoms with van der Waals surface area (Å²) in [5.41, 5.74) is 2.03. The standard InChI is InChI=1S/C22H25N7O3/c1-13(2)29-12-24-18-20(25-14-10-15(30-3)19(32-5)16(11-14)31-4)27-22(28-21(18)29)26-17-8-6-7-9-23-17/h6-13H,1-5H3,(H2,23,25,26,27,28). The van der Waals surface area contributed by atoms with Crippen molar-refractivity contribution in [3.63, 3.8) is 0 Å². The van der Waals surface area contributed by atoms with E-state index in [1.807, 2.05) is 22.8 Å². The summed E-state index contributed by atoms with van der Waals surface area (Å²) in [5.74, 6) is 3.13. The lowest BCUT2D eigenvalue weighted by molar-refractivity contribution is 0.324. The Hall–Kier alpha value is -4.08. The summed E-state index contributed by atoms with van der Waals surface area (Å²) >= 11 is 0. The SMILES string of the molecule is COc1cc(Nc2nc(Nc3ccccn3)nc3c2ncn3C(C)C)cc(OC)c1OC. The maximum atomic E-state index is 5.46. The fourth-order valence-corrected chi connectivity index (χ4v) is 3.28. The molecule has 166 valence electrons. The number of pyridine rings is 1. The molecule has 0 saturated heterocycles. The number of nitrogens with one attached hydrogen (secondary N) is 2. The number of rotatable bonds is 8.